The average molecular weight is 310 g/mol. The van der Waals surface area contributed by atoms with E-state index in [0.29, 0.717) is 0 Å². The maximum absolute atomic E-state index is 6.13. The highest BCUT2D eigenvalue weighted by Crippen LogP contribution is 2.37. The number of rotatable bonds is 4. The molecule has 4 nitrogen and oxygen atoms in total. The van der Waals surface area contributed by atoms with Gasteiger partial charge in [-0.3, -0.25) is 4.90 Å². The normalized spacial score (nSPS) is 19.2. The van der Waals surface area contributed by atoms with E-state index in [2.05, 4.69) is 23.1 Å². The molecule has 2 aliphatic rings. The van der Waals surface area contributed by atoms with Gasteiger partial charge in [0, 0.05) is 6.54 Å². The summed E-state index contributed by atoms with van der Waals surface area (Å²) in [7, 11) is 1.65. The van der Waals surface area contributed by atoms with Crippen molar-refractivity contribution in [2.24, 2.45) is 0 Å². The van der Waals surface area contributed by atoms with Gasteiger partial charge in [-0.2, -0.15) is 0 Å². The molecule has 0 atom stereocenters. The lowest BCUT2D eigenvalue weighted by Crippen LogP contribution is -2.60. The second kappa shape index (κ2) is 5.91. The first-order valence-electron chi connectivity index (χ1n) is 8.27. The van der Waals surface area contributed by atoms with Gasteiger partial charge in [0.05, 0.1) is 0 Å². The molecule has 0 unspecified atom stereocenters. The van der Waals surface area contributed by atoms with Gasteiger partial charge in [0.25, 0.3) is 0 Å². The summed E-state index contributed by atoms with van der Waals surface area (Å²) in [6.07, 6.45) is 2.56. The van der Waals surface area contributed by atoms with Crippen molar-refractivity contribution in [2.45, 2.75) is 19.4 Å². The SMILES string of the molecule is CO[B-]1(c2ccccc2CN2CCCC2)Oc2ccccc2O1. The molecule has 2 aromatic carbocycles. The Kier molecular flexibility index (Phi) is 3.75. The van der Waals surface area contributed by atoms with E-state index in [1.54, 1.807) is 7.11 Å². The van der Waals surface area contributed by atoms with E-state index in [4.69, 9.17) is 14.0 Å². The monoisotopic (exact) mass is 310 g/mol. The summed E-state index contributed by atoms with van der Waals surface area (Å²) in [5.41, 5.74) is 2.21. The lowest BCUT2D eigenvalue weighted by molar-refractivity contribution is 0.252. The van der Waals surface area contributed by atoms with Gasteiger partial charge in [0.2, 0.25) is 0 Å². The van der Waals surface area contributed by atoms with Crippen LogP contribution in [0.25, 0.3) is 0 Å². The van der Waals surface area contributed by atoms with Crippen LogP contribution in [0.1, 0.15) is 18.4 Å². The molecule has 0 amide bonds. The van der Waals surface area contributed by atoms with Gasteiger partial charge in [-0.05, 0) is 45.2 Å². The number of para-hydroxylation sites is 2. The Hall–Kier alpha value is -1.98. The topological polar surface area (TPSA) is 30.9 Å². The van der Waals surface area contributed by atoms with E-state index in [9.17, 15) is 0 Å². The minimum absolute atomic E-state index is 0.741. The largest absolute Gasteiger partial charge is 0.654 e. The fourth-order valence-corrected chi connectivity index (χ4v) is 3.56. The smallest absolute Gasteiger partial charge is 0.523 e. The lowest BCUT2D eigenvalue weighted by Gasteiger charge is -2.36. The summed E-state index contributed by atoms with van der Waals surface area (Å²) in [5.74, 6) is 1.48. The summed E-state index contributed by atoms with van der Waals surface area (Å²) < 4.78 is 18.0. The number of hydrogen-bond donors (Lipinski definition) is 0. The number of benzene rings is 2. The lowest BCUT2D eigenvalue weighted by atomic mass is 9.67. The van der Waals surface area contributed by atoms with Crippen molar-refractivity contribution < 1.29 is 14.0 Å². The van der Waals surface area contributed by atoms with E-state index < -0.39 is 6.75 Å². The van der Waals surface area contributed by atoms with Gasteiger partial charge in [0.15, 0.2) is 0 Å². The van der Waals surface area contributed by atoms with Crippen molar-refractivity contribution in [1.82, 2.24) is 4.90 Å². The molecule has 0 saturated carbocycles. The van der Waals surface area contributed by atoms with E-state index in [1.807, 2.05) is 30.3 Å². The summed E-state index contributed by atoms with van der Waals surface area (Å²) in [6, 6.07) is 16.0. The van der Waals surface area contributed by atoms with Crippen molar-refractivity contribution >= 4 is 12.2 Å². The van der Waals surface area contributed by atoms with Crippen molar-refractivity contribution in [3.05, 3.63) is 54.1 Å². The Bertz CT molecular complexity index is 675. The fourth-order valence-electron chi connectivity index (χ4n) is 3.56. The molecule has 120 valence electrons. The molecule has 23 heavy (non-hydrogen) atoms. The molecule has 5 heteroatoms. The van der Waals surface area contributed by atoms with Crippen LogP contribution in [0.4, 0.5) is 0 Å². The Morgan fingerprint density at radius 1 is 0.957 bits per heavy atom. The van der Waals surface area contributed by atoms with Crippen LogP contribution < -0.4 is 14.8 Å². The van der Waals surface area contributed by atoms with Crippen LogP contribution in [0.2, 0.25) is 0 Å². The van der Waals surface area contributed by atoms with Crippen molar-refractivity contribution in [1.29, 1.82) is 0 Å². The molecule has 0 aromatic heterocycles. The van der Waals surface area contributed by atoms with Crippen LogP contribution in [0.5, 0.6) is 11.5 Å². The van der Waals surface area contributed by atoms with Crippen LogP contribution in [0, 0.1) is 0 Å². The zero-order chi connectivity index (χ0) is 15.7. The highest BCUT2D eigenvalue weighted by Gasteiger charge is 2.42. The summed E-state index contributed by atoms with van der Waals surface area (Å²) in [6.45, 7) is 1.25. The molecule has 2 aliphatic heterocycles. The predicted molar refractivity (Wildman–Crippen MR) is 91.0 cm³/mol. The summed E-state index contributed by atoms with van der Waals surface area (Å²) in [4.78, 5) is 2.47. The molecule has 0 bridgehead atoms. The minimum Gasteiger partial charge on any atom is -0.654 e. The first-order valence-corrected chi connectivity index (χ1v) is 8.27. The Balaban J connectivity index is 1.69. The standard InChI is InChI=1S/C18H21BNO3/c1-21-19(22-17-10-4-5-11-18(17)23-19)16-9-3-2-8-15(16)14-20-12-6-7-13-20/h2-5,8-11H,6-7,12-14H2,1H3/q-1. The predicted octanol–water partition coefficient (Wildman–Crippen LogP) is 2.55. The Morgan fingerprint density at radius 2 is 1.57 bits per heavy atom. The van der Waals surface area contributed by atoms with Crippen molar-refractivity contribution in [3.63, 3.8) is 0 Å². The van der Waals surface area contributed by atoms with Gasteiger partial charge in [-0.15, -0.1) is 0 Å². The molecule has 0 radical (unpaired) electrons. The Morgan fingerprint density at radius 3 is 2.22 bits per heavy atom. The third-order valence-electron chi connectivity index (χ3n) is 4.75. The number of hydrogen-bond acceptors (Lipinski definition) is 4. The third-order valence-corrected chi connectivity index (χ3v) is 4.75. The molecule has 0 aliphatic carbocycles. The zero-order valence-corrected chi connectivity index (χ0v) is 13.4. The Labute approximate surface area is 137 Å². The molecule has 0 N–H and O–H groups in total. The van der Waals surface area contributed by atoms with E-state index in [-0.39, 0.29) is 0 Å². The first kappa shape index (κ1) is 14.6. The van der Waals surface area contributed by atoms with Crippen LogP contribution in [-0.4, -0.2) is 31.9 Å². The zero-order valence-electron chi connectivity index (χ0n) is 13.4. The summed E-state index contributed by atoms with van der Waals surface area (Å²) in [5, 5.41) is 0. The van der Waals surface area contributed by atoms with E-state index in [1.165, 1.54) is 18.4 Å². The van der Waals surface area contributed by atoms with Gasteiger partial charge < -0.3 is 14.0 Å². The first-order chi connectivity index (χ1) is 11.3. The maximum atomic E-state index is 6.13. The van der Waals surface area contributed by atoms with Crippen LogP contribution >= 0.6 is 0 Å². The van der Waals surface area contributed by atoms with Crippen LogP contribution in [-0.2, 0) is 11.2 Å². The van der Waals surface area contributed by atoms with Gasteiger partial charge in [-0.25, -0.2) is 0 Å². The quantitative estimate of drug-likeness (QED) is 0.812. The average Bonchev–Trinajstić information content (AvgIpc) is 3.22. The fraction of sp³-hybridized carbons (Fsp3) is 0.333. The molecule has 1 saturated heterocycles. The van der Waals surface area contributed by atoms with E-state index in [0.717, 1.165) is 36.6 Å². The second-order valence-corrected chi connectivity index (χ2v) is 6.24. The molecule has 2 heterocycles. The van der Waals surface area contributed by atoms with Gasteiger partial charge >= 0.3 is 6.75 Å². The molecule has 1 fully saturated rings. The number of likely N-dealkylation sites (tertiary alicyclic amines) is 1. The van der Waals surface area contributed by atoms with Crippen molar-refractivity contribution in [3.8, 4) is 11.5 Å². The highest BCUT2D eigenvalue weighted by molar-refractivity contribution is 6.77. The van der Waals surface area contributed by atoms with Gasteiger partial charge in [-0.1, -0.05) is 47.4 Å². The number of fused-ring (bicyclic) bond motifs is 1. The second-order valence-electron chi connectivity index (χ2n) is 6.24. The summed E-state index contributed by atoms with van der Waals surface area (Å²) >= 11 is 0. The molecular weight excluding hydrogens is 289 g/mol. The molecule has 2 aromatic rings. The minimum atomic E-state index is -1.98. The molecule has 0 spiro atoms. The van der Waals surface area contributed by atoms with Crippen LogP contribution in [0.15, 0.2) is 48.5 Å². The molecular formula is C18H21BNO3-. The van der Waals surface area contributed by atoms with Gasteiger partial charge in [0.1, 0.15) is 11.5 Å². The number of nitrogens with zero attached hydrogens (tertiary/aromatic N) is 1. The van der Waals surface area contributed by atoms with E-state index >= 15 is 0 Å². The maximum Gasteiger partial charge on any atom is 0.523 e. The third kappa shape index (κ3) is 2.60. The highest BCUT2D eigenvalue weighted by atomic mass is 16.8. The van der Waals surface area contributed by atoms with Crippen LogP contribution in [0.3, 0.4) is 0 Å². The van der Waals surface area contributed by atoms with Crippen molar-refractivity contribution in [2.75, 3.05) is 20.2 Å². The molecule has 4 rings (SSSR count).